The molecule has 0 aromatic carbocycles. The Morgan fingerprint density at radius 1 is 1.00 bits per heavy atom. The van der Waals surface area contributed by atoms with Crippen molar-refractivity contribution in [1.82, 2.24) is 0 Å². The Morgan fingerprint density at radius 2 is 1.79 bits per heavy atom. The normalized spacial score (nSPS) is 43.0. The van der Waals surface area contributed by atoms with Crippen molar-refractivity contribution in [2.24, 2.45) is 34.5 Å². The van der Waals surface area contributed by atoms with Crippen LogP contribution in [-0.4, -0.2) is 16.7 Å². The molecule has 0 aromatic rings. The number of Topliss-reactive ketones (excluding diaryl/α,β-unsaturated/α-hetero) is 2. The molecule has 0 radical (unpaired) electrons. The van der Waals surface area contributed by atoms with Gasteiger partial charge in [-0.1, -0.05) is 46.5 Å². The van der Waals surface area contributed by atoms with E-state index in [9.17, 15) is 14.7 Å². The van der Waals surface area contributed by atoms with Gasteiger partial charge in [-0.2, -0.15) is 0 Å². The molecule has 1 N–H and O–H groups in total. The molecule has 4 rings (SSSR count). The number of hydrogen-bond donors (Lipinski definition) is 1. The second kappa shape index (κ2) is 7.29. The molecule has 28 heavy (non-hydrogen) atoms. The van der Waals surface area contributed by atoms with Crippen LogP contribution in [0.5, 0.6) is 0 Å². The van der Waals surface area contributed by atoms with Gasteiger partial charge in [0.15, 0.2) is 11.5 Å². The van der Waals surface area contributed by atoms with E-state index in [0.29, 0.717) is 35.9 Å². The summed E-state index contributed by atoms with van der Waals surface area (Å²) in [6.45, 7) is 6.81. The molecule has 0 heterocycles. The van der Waals surface area contributed by atoms with Gasteiger partial charge < -0.3 is 5.11 Å². The van der Waals surface area contributed by atoms with E-state index in [4.69, 9.17) is 0 Å². The number of aliphatic hydroxyl groups excluding tert-OH is 1. The van der Waals surface area contributed by atoms with Gasteiger partial charge >= 0.3 is 0 Å². The molecule has 0 aliphatic heterocycles. The first-order valence-corrected chi connectivity index (χ1v) is 11.8. The van der Waals surface area contributed by atoms with Crippen molar-refractivity contribution >= 4 is 11.6 Å². The zero-order valence-corrected chi connectivity index (χ0v) is 18.1. The van der Waals surface area contributed by atoms with E-state index < -0.39 is 0 Å². The Labute approximate surface area is 170 Å². The minimum absolute atomic E-state index is 0.0410. The maximum Gasteiger partial charge on any atom is 0.197 e. The quantitative estimate of drug-likeness (QED) is 0.575. The Balaban J connectivity index is 1.61. The summed E-state index contributed by atoms with van der Waals surface area (Å²) in [5.74, 6) is 2.71. The van der Waals surface area contributed by atoms with E-state index in [2.05, 4.69) is 20.8 Å². The van der Waals surface area contributed by atoms with Gasteiger partial charge in [0.25, 0.3) is 0 Å². The maximum atomic E-state index is 13.1. The fourth-order valence-electron chi connectivity index (χ4n) is 7.84. The summed E-state index contributed by atoms with van der Waals surface area (Å²) >= 11 is 0. The molecule has 0 aromatic heterocycles. The molecule has 3 saturated carbocycles. The predicted octanol–water partition coefficient (Wildman–Crippen LogP) is 6.17. The minimum Gasteiger partial charge on any atom is -0.504 e. The van der Waals surface area contributed by atoms with Crippen molar-refractivity contribution in [2.75, 3.05) is 0 Å². The van der Waals surface area contributed by atoms with Crippen molar-refractivity contribution in [1.29, 1.82) is 0 Å². The lowest BCUT2D eigenvalue weighted by molar-refractivity contribution is -0.133. The van der Waals surface area contributed by atoms with Crippen molar-refractivity contribution in [3.63, 3.8) is 0 Å². The number of ketones is 2. The number of rotatable bonds is 5. The number of fused-ring (bicyclic) bond motifs is 5. The van der Waals surface area contributed by atoms with Crippen LogP contribution >= 0.6 is 0 Å². The highest BCUT2D eigenvalue weighted by Crippen LogP contribution is 2.66. The zero-order valence-electron chi connectivity index (χ0n) is 18.1. The first-order valence-electron chi connectivity index (χ1n) is 11.8. The molecule has 4 aliphatic carbocycles. The van der Waals surface area contributed by atoms with E-state index in [1.54, 1.807) is 0 Å². The molecular weight excluding hydrogens is 348 g/mol. The van der Waals surface area contributed by atoms with Crippen LogP contribution in [0.1, 0.15) is 97.8 Å². The maximum absolute atomic E-state index is 13.1. The van der Waals surface area contributed by atoms with Crippen LogP contribution in [0.4, 0.5) is 0 Å². The third-order valence-corrected chi connectivity index (χ3v) is 9.37. The van der Waals surface area contributed by atoms with E-state index in [-0.39, 0.29) is 22.4 Å². The van der Waals surface area contributed by atoms with Crippen molar-refractivity contribution in [2.45, 2.75) is 97.8 Å². The van der Waals surface area contributed by atoms with E-state index in [1.165, 1.54) is 32.1 Å². The standard InChI is InChI=1S/C25H38O3/c1-4-5-6-7-8-16-15-21(27)25(3)13-11-18-17(22(16)25)9-10-19-23(28)20(26)12-14-24(18,19)2/h16-18,22,28H,4-15H2,1-3H3/t16-,17+,18-,22-,24+,25+/m0/s1. The van der Waals surface area contributed by atoms with Gasteiger partial charge in [0.1, 0.15) is 5.78 Å². The van der Waals surface area contributed by atoms with Gasteiger partial charge in [-0.3, -0.25) is 9.59 Å². The van der Waals surface area contributed by atoms with Crippen LogP contribution in [0, 0.1) is 34.5 Å². The molecule has 4 aliphatic rings. The number of aliphatic hydroxyl groups is 1. The Bertz CT molecular complexity index is 692. The van der Waals surface area contributed by atoms with Crippen molar-refractivity contribution in [3.05, 3.63) is 11.3 Å². The number of carbonyl (C=O) groups is 2. The van der Waals surface area contributed by atoms with E-state index >= 15 is 0 Å². The second-order valence-corrected chi connectivity index (χ2v) is 10.7. The number of carbonyl (C=O) groups excluding carboxylic acids is 2. The van der Waals surface area contributed by atoms with Gasteiger partial charge in [0.05, 0.1) is 0 Å². The average Bonchev–Trinajstić information content (AvgIpc) is 2.93. The van der Waals surface area contributed by atoms with Crippen LogP contribution < -0.4 is 0 Å². The van der Waals surface area contributed by atoms with Crippen LogP contribution in [0.25, 0.3) is 0 Å². The third kappa shape index (κ3) is 2.91. The van der Waals surface area contributed by atoms with Gasteiger partial charge in [-0.15, -0.1) is 0 Å². The van der Waals surface area contributed by atoms with Gasteiger partial charge in [-0.05, 0) is 73.2 Å². The molecule has 0 saturated heterocycles. The highest BCUT2D eigenvalue weighted by Gasteiger charge is 2.62. The highest BCUT2D eigenvalue weighted by atomic mass is 16.3. The summed E-state index contributed by atoms with van der Waals surface area (Å²) in [6, 6.07) is 0. The first-order chi connectivity index (χ1) is 13.3. The molecule has 0 unspecified atom stereocenters. The summed E-state index contributed by atoms with van der Waals surface area (Å²) in [7, 11) is 0. The fourth-order valence-corrected chi connectivity index (χ4v) is 7.84. The number of unbranched alkanes of at least 4 members (excludes halogenated alkanes) is 3. The Hall–Kier alpha value is -1.12. The summed E-state index contributed by atoms with van der Waals surface area (Å²) in [4.78, 5) is 25.2. The molecule has 3 heteroatoms. The number of hydrogen-bond acceptors (Lipinski definition) is 3. The molecule has 156 valence electrons. The largest absolute Gasteiger partial charge is 0.504 e. The molecule has 6 atom stereocenters. The molecule has 0 spiro atoms. The summed E-state index contributed by atoms with van der Waals surface area (Å²) in [5, 5.41) is 10.5. The Morgan fingerprint density at radius 3 is 2.54 bits per heavy atom. The highest BCUT2D eigenvalue weighted by molar-refractivity contribution is 5.95. The average molecular weight is 387 g/mol. The Kier molecular flexibility index (Phi) is 5.25. The fraction of sp³-hybridized carbons (Fsp3) is 0.840. The van der Waals surface area contributed by atoms with Crippen LogP contribution in [0.15, 0.2) is 11.3 Å². The molecule has 3 fully saturated rings. The van der Waals surface area contributed by atoms with Gasteiger partial charge in [0, 0.05) is 18.3 Å². The van der Waals surface area contributed by atoms with Crippen molar-refractivity contribution in [3.8, 4) is 0 Å². The van der Waals surface area contributed by atoms with Gasteiger partial charge in [0.2, 0.25) is 0 Å². The number of allylic oxidation sites excluding steroid dienone is 1. The smallest absolute Gasteiger partial charge is 0.197 e. The zero-order chi connectivity index (χ0) is 20.1. The minimum atomic E-state index is -0.124. The second-order valence-electron chi connectivity index (χ2n) is 10.7. The van der Waals surface area contributed by atoms with Gasteiger partial charge in [-0.25, -0.2) is 0 Å². The SMILES string of the molecule is CCCCCC[C@H]1CC(=O)[C@@]2(C)CC[C@H]3[C@@H](CCC4=C(O)C(=O)CC[C@@]43C)[C@H]12. The molecule has 3 nitrogen and oxygen atoms in total. The van der Waals surface area contributed by atoms with Crippen molar-refractivity contribution < 1.29 is 14.7 Å². The van der Waals surface area contributed by atoms with Crippen LogP contribution in [-0.2, 0) is 9.59 Å². The first kappa shape index (κ1) is 20.2. The predicted molar refractivity (Wildman–Crippen MR) is 111 cm³/mol. The lowest BCUT2D eigenvalue weighted by Gasteiger charge is -2.57. The van der Waals surface area contributed by atoms with E-state index in [0.717, 1.165) is 44.1 Å². The topological polar surface area (TPSA) is 54.4 Å². The molecule has 0 bridgehead atoms. The van der Waals surface area contributed by atoms with Crippen LogP contribution in [0.3, 0.4) is 0 Å². The summed E-state index contributed by atoms with van der Waals surface area (Å²) in [5.41, 5.74) is 0.874. The molecular formula is C25H38O3. The summed E-state index contributed by atoms with van der Waals surface area (Å²) in [6.07, 6.45) is 12.4. The lowest BCUT2D eigenvalue weighted by atomic mass is 9.46. The third-order valence-electron chi connectivity index (χ3n) is 9.37. The summed E-state index contributed by atoms with van der Waals surface area (Å²) < 4.78 is 0. The molecule has 0 amide bonds. The monoisotopic (exact) mass is 386 g/mol. The van der Waals surface area contributed by atoms with Crippen LogP contribution in [0.2, 0.25) is 0 Å². The lowest BCUT2D eigenvalue weighted by Crippen LogP contribution is -2.52. The van der Waals surface area contributed by atoms with E-state index in [1.807, 2.05) is 0 Å².